The van der Waals surface area contributed by atoms with E-state index in [0.29, 0.717) is 22.8 Å². The van der Waals surface area contributed by atoms with Gasteiger partial charge in [-0.2, -0.15) is 0 Å². The highest BCUT2D eigenvalue weighted by Crippen LogP contribution is 2.50. The molecule has 1 saturated heterocycles. The van der Waals surface area contributed by atoms with Crippen molar-refractivity contribution >= 4 is 29.7 Å². The molecule has 1 aromatic heterocycles. The van der Waals surface area contributed by atoms with Gasteiger partial charge in [0.25, 0.3) is 5.79 Å². The fourth-order valence-corrected chi connectivity index (χ4v) is 4.13. The molecule has 7 heteroatoms. The summed E-state index contributed by atoms with van der Waals surface area (Å²) in [5.74, 6) is 0.649. The van der Waals surface area contributed by atoms with Crippen LogP contribution in [0.15, 0.2) is 36.5 Å². The number of pyridine rings is 1. The van der Waals surface area contributed by atoms with E-state index >= 15 is 0 Å². The van der Waals surface area contributed by atoms with Crippen molar-refractivity contribution in [3.05, 3.63) is 47.2 Å². The molecule has 2 aliphatic heterocycles. The molecule has 138 valence electrons. The smallest absolute Gasteiger partial charge is 0.292 e. The first-order valence-electron chi connectivity index (χ1n) is 8.77. The van der Waals surface area contributed by atoms with Crippen LogP contribution in [0.3, 0.4) is 0 Å². The van der Waals surface area contributed by atoms with Crippen LogP contribution in [0, 0.1) is 0 Å². The van der Waals surface area contributed by atoms with E-state index in [1.807, 2.05) is 25.1 Å². The van der Waals surface area contributed by atoms with Crippen molar-refractivity contribution in [3.63, 3.8) is 0 Å². The molecule has 0 bridgehead atoms. The van der Waals surface area contributed by atoms with Gasteiger partial charge in [0.05, 0.1) is 10.7 Å². The number of hydrogen-bond donors (Lipinski definition) is 1. The van der Waals surface area contributed by atoms with Crippen molar-refractivity contribution in [2.45, 2.75) is 37.6 Å². The van der Waals surface area contributed by atoms with Crippen LogP contribution in [0.5, 0.6) is 11.5 Å². The van der Waals surface area contributed by atoms with Crippen molar-refractivity contribution in [2.75, 3.05) is 18.0 Å². The molecular formula is C19H21Cl2N3O2. The summed E-state index contributed by atoms with van der Waals surface area (Å²) in [6.07, 6.45) is 4.09. The topological polar surface area (TPSA) is 46.6 Å². The lowest BCUT2D eigenvalue weighted by Gasteiger charge is -2.50. The SMILES string of the molecule is CC1(c2ccc(Cl)cn2)Oc2cccc(N3CCN[C@@H]4CC[C@H]43)c2O1.Cl. The van der Waals surface area contributed by atoms with E-state index in [9.17, 15) is 0 Å². The zero-order valence-corrected chi connectivity index (χ0v) is 16.0. The molecule has 1 N–H and O–H groups in total. The Kier molecular flexibility index (Phi) is 4.41. The van der Waals surface area contributed by atoms with Crippen LogP contribution in [-0.2, 0) is 5.79 Å². The zero-order chi connectivity index (χ0) is 17.0. The van der Waals surface area contributed by atoms with Gasteiger partial charge in [0.15, 0.2) is 11.5 Å². The van der Waals surface area contributed by atoms with Gasteiger partial charge in [-0.3, -0.25) is 4.98 Å². The highest BCUT2D eigenvalue weighted by atomic mass is 35.5. The maximum Gasteiger partial charge on any atom is 0.292 e. The number of ether oxygens (including phenoxy) is 2. The fourth-order valence-electron chi connectivity index (χ4n) is 4.02. The third-order valence-electron chi connectivity index (χ3n) is 5.46. The second-order valence-electron chi connectivity index (χ2n) is 7.01. The van der Waals surface area contributed by atoms with Crippen LogP contribution in [0.25, 0.3) is 0 Å². The quantitative estimate of drug-likeness (QED) is 0.841. The Morgan fingerprint density at radius 2 is 2.12 bits per heavy atom. The lowest BCUT2D eigenvalue weighted by molar-refractivity contribution is -0.0716. The Balaban J connectivity index is 0.00000168. The molecule has 1 saturated carbocycles. The summed E-state index contributed by atoms with van der Waals surface area (Å²) < 4.78 is 12.5. The summed E-state index contributed by atoms with van der Waals surface area (Å²) in [7, 11) is 0. The van der Waals surface area contributed by atoms with Gasteiger partial charge in [0.1, 0.15) is 5.69 Å². The van der Waals surface area contributed by atoms with Crippen molar-refractivity contribution in [1.29, 1.82) is 0 Å². The van der Waals surface area contributed by atoms with Crippen LogP contribution >= 0.6 is 24.0 Å². The van der Waals surface area contributed by atoms with E-state index in [0.717, 1.165) is 30.3 Å². The molecule has 5 rings (SSSR count). The second-order valence-corrected chi connectivity index (χ2v) is 7.45. The Bertz CT molecular complexity index is 817. The van der Waals surface area contributed by atoms with Crippen molar-refractivity contribution in [1.82, 2.24) is 10.3 Å². The number of piperazine rings is 1. The number of benzene rings is 1. The summed E-state index contributed by atoms with van der Waals surface area (Å²) >= 11 is 5.96. The molecule has 1 aromatic carbocycles. The van der Waals surface area contributed by atoms with Gasteiger partial charge in [0, 0.05) is 38.3 Å². The summed E-state index contributed by atoms with van der Waals surface area (Å²) in [5.41, 5.74) is 1.83. The minimum atomic E-state index is -0.934. The Hall–Kier alpha value is -1.69. The normalized spacial score (nSPS) is 28.8. The van der Waals surface area contributed by atoms with E-state index in [2.05, 4.69) is 21.3 Å². The summed E-state index contributed by atoms with van der Waals surface area (Å²) in [4.78, 5) is 6.86. The van der Waals surface area contributed by atoms with Gasteiger partial charge >= 0.3 is 0 Å². The van der Waals surface area contributed by atoms with Crippen molar-refractivity contribution < 1.29 is 9.47 Å². The molecule has 2 aromatic rings. The number of nitrogens with zero attached hydrogens (tertiary/aromatic N) is 2. The monoisotopic (exact) mass is 393 g/mol. The Morgan fingerprint density at radius 3 is 2.85 bits per heavy atom. The molecule has 2 fully saturated rings. The van der Waals surface area contributed by atoms with Crippen molar-refractivity contribution in [3.8, 4) is 11.5 Å². The third kappa shape index (κ3) is 2.70. The molecular weight excluding hydrogens is 373 g/mol. The highest BCUT2D eigenvalue weighted by molar-refractivity contribution is 6.30. The minimum absolute atomic E-state index is 0. The Labute approximate surface area is 164 Å². The predicted octanol–water partition coefficient (Wildman–Crippen LogP) is 3.74. The van der Waals surface area contributed by atoms with Crippen LogP contribution in [0.1, 0.15) is 25.5 Å². The van der Waals surface area contributed by atoms with Gasteiger partial charge in [0.2, 0.25) is 0 Å². The first-order valence-corrected chi connectivity index (χ1v) is 9.15. The third-order valence-corrected chi connectivity index (χ3v) is 5.68. The maximum atomic E-state index is 6.32. The van der Waals surface area contributed by atoms with E-state index in [-0.39, 0.29) is 12.4 Å². The Morgan fingerprint density at radius 1 is 1.23 bits per heavy atom. The number of anilines is 1. The van der Waals surface area contributed by atoms with Gasteiger partial charge in [-0.05, 0) is 37.1 Å². The lowest BCUT2D eigenvalue weighted by atomic mass is 9.83. The average molecular weight is 394 g/mol. The lowest BCUT2D eigenvalue weighted by Crippen LogP contribution is -2.63. The first kappa shape index (κ1) is 17.7. The molecule has 3 atom stereocenters. The largest absolute Gasteiger partial charge is 0.443 e. The van der Waals surface area contributed by atoms with Gasteiger partial charge in [-0.1, -0.05) is 17.7 Å². The fraction of sp³-hybridized carbons (Fsp3) is 0.421. The summed E-state index contributed by atoms with van der Waals surface area (Å²) in [6.45, 7) is 3.88. The number of fused-ring (bicyclic) bond motifs is 2. The molecule has 3 aliphatic rings. The average Bonchev–Trinajstić information content (AvgIpc) is 2.93. The van der Waals surface area contributed by atoms with Crippen molar-refractivity contribution in [2.24, 2.45) is 0 Å². The molecule has 0 spiro atoms. The molecule has 0 radical (unpaired) electrons. The first-order chi connectivity index (χ1) is 12.1. The number of para-hydroxylation sites is 1. The maximum absolute atomic E-state index is 6.32. The predicted molar refractivity (Wildman–Crippen MR) is 104 cm³/mol. The summed E-state index contributed by atoms with van der Waals surface area (Å²) in [5, 5.41) is 4.19. The van der Waals surface area contributed by atoms with E-state index in [1.54, 1.807) is 12.3 Å². The van der Waals surface area contributed by atoms with E-state index in [4.69, 9.17) is 21.1 Å². The minimum Gasteiger partial charge on any atom is -0.443 e. The molecule has 1 aliphatic carbocycles. The molecule has 26 heavy (non-hydrogen) atoms. The standard InChI is InChI=1S/C19H20ClN3O2.ClH/c1-19(17-8-5-12(20)11-22-17)24-16-4-2-3-15(18(16)25-19)23-10-9-21-13-6-7-14(13)23;/h2-5,8,11,13-14,21H,6-7,9-10H2,1H3;1H/t13-,14-,19?;/m1./s1. The van der Waals surface area contributed by atoms with Gasteiger partial charge < -0.3 is 19.7 Å². The van der Waals surface area contributed by atoms with Gasteiger partial charge in [-0.25, -0.2) is 0 Å². The molecule has 0 amide bonds. The summed E-state index contributed by atoms with van der Waals surface area (Å²) in [6, 6.07) is 10.9. The number of hydrogen-bond acceptors (Lipinski definition) is 5. The highest BCUT2D eigenvalue weighted by Gasteiger charge is 2.44. The number of halogens is 2. The number of rotatable bonds is 2. The van der Waals surface area contributed by atoms with E-state index in [1.165, 1.54) is 12.8 Å². The van der Waals surface area contributed by atoms with Crippen LogP contribution in [0.2, 0.25) is 5.02 Å². The molecule has 1 unspecified atom stereocenters. The van der Waals surface area contributed by atoms with Crippen LogP contribution in [-0.4, -0.2) is 30.2 Å². The number of nitrogens with one attached hydrogen (secondary N) is 1. The van der Waals surface area contributed by atoms with Crippen LogP contribution in [0.4, 0.5) is 5.69 Å². The van der Waals surface area contributed by atoms with E-state index < -0.39 is 5.79 Å². The second kappa shape index (κ2) is 6.48. The number of aromatic nitrogens is 1. The zero-order valence-electron chi connectivity index (χ0n) is 14.4. The van der Waals surface area contributed by atoms with Gasteiger partial charge in [-0.15, -0.1) is 12.4 Å². The molecule has 3 heterocycles. The molecule has 5 nitrogen and oxygen atoms in total. The van der Waals surface area contributed by atoms with Crippen LogP contribution < -0.4 is 19.7 Å².